The fourth-order valence-corrected chi connectivity index (χ4v) is 2.76. The first-order valence-electron chi connectivity index (χ1n) is 8.26. The Balaban J connectivity index is 2.33. The van der Waals surface area contributed by atoms with Crippen LogP contribution in [-0.4, -0.2) is 42.4 Å². The van der Waals surface area contributed by atoms with Gasteiger partial charge in [0.2, 0.25) is 5.91 Å². The SMILES string of the molecule is Cc1oc2ccc(OC/C(S)=C(/C#N)C(F)(F)F)cc2c1C(=O)N[C@@H](CO)C(N)=O. The molecule has 0 aliphatic heterocycles. The summed E-state index contributed by atoms with van der Waals surface area (Å²) in [5.41, 5.74) is 3.92. The number of primary amides is 1. The Labute approximate surface area is 173 Å². The van der Waals surface area contributed by atoms with Gasteiger partial charge in [-0.15, -0.1) is 12.6 Å². The molecular weight excluding hydrogens is 427 g/mol. The van der Waals surface area contributed by atoms with Crippen LogP contribution < -0.4 is 15.8 Å². The normalized spacial score (nSPS) is 13.4. The number of hydrogen-bond acceptors (Lipinski definition) is 7. The van der Waals surface area contributed by atoms with Gasteiger partial charge in [0.1, 0.15) is 41.4 Å². The van der Waals surface area contributed by atoms with E-state index >= 15 is 0 Å². The number of carbonyl (C=O) groups excluding carboxylic acids is 2. The smallest absolute Gasteiger partial charge is 0.427 e. The van der Waals surface area contributed by atoms with Crippen molar-refractivity contribution in [1.29, 1.82) is 5.26 Å². The van der Waals surface area contributed by atoms with Crippen LogP contribution in [-0.2, 0) is 4.79 Å². The lowest BCUT2D eigenvalue weighted by molar-refractivity contribution is -0.120. The molecule has 4 N–H and O–H groups in total. The molecule has 0 aliphatic carbocycles. The molecule has 0 bridgehead atoms. The summed E-state index contributed by atoms with van der Waals surface area (Å²) in [4.78, 5) is 23.1. The Morgan fingerprint density at radius 2 is 2.10 bits per heavy atom. The van der Waals surface area contributed by atoms with Gasteiger partial charge in [-0.1, -0.05) is 0 Å². The van der Waals surface area contributed by atoms with E-state index in [0.717, 1.165) is 6.07 Å². The number of hydrogen-bond donors (Lipinski definition) is 4. The summed E-state index contributed by atoms with van der Waals surface area (Å²) in [6.45, 7) is 0.149. The number of rotatable bonds is 7. The first-order chi connectivity index (χ1) is 14.0. The zero-order valence-electron chi connectivity index (χ0n) is 15.4. The zero-order chi connectivity index (χ0) is 22.6. The lowest BCUT2D eigenvalue weighted by Crippen LogP contribution is -2.46. The number of ether oxygens (including phenoxy) is 1. The van der Waals surface area contributed by atoms with E-state index in [-0.39, 0.29) is 28.0 Å². The van der Waals surface area contributed by atoms with Gasteiger partial charge in [-0.25, -0.2) is 0 Å². The van der Waals surface area contributed by atoms with Crippen molar-refractivity contribution in [3.05, 3.63) is 40.0 Å². The van der Waals surface area contributed by atoms with Gasteiger partial charge in [0.25, 0.3) is 5.91 Å². The summed E-state index contributed by atoms with van der Waals surface area (Å²) in [5, 5.41) is 20.3. The minimum atomic E-state index is -4.87. The second-order valence-electron chi connectivity index (χ2n) is 6.02. The molecule has 0 saturated carbocycles. The number of halogens is 3. The third kappa shape index (κ3) is 5.05. The molecule has 0 fully saturated rings. The lowest BCUT2D eigenvalue weighted by Gasteiger charge is -2.12. The van der Waals surface area contributed by atoms with Crippen LogP contribution in [0.2, 0.25) is 0 Å². The van der Waals surface area contributed by atoms with E-state index in [0.29, 0.717) is 0 Å². The number of amides is 2. The monoisotopic (exact) mass is 443 g/mol. The van der Waals surface area contributed by atoms with Gasteiger partial charge in [-0.3, -0.25) is 9.59 Å². The van der Waals surface area contributed by atoms with Crippen LogP contribution in [0.3, 0.4) is 0 Å². The van der Waals surface area contributed by atoms with E-state index in [4.69, 9.17) is 25.3 Å². The second-order valence-corrected chi connectivity index (χ2v) is 6.56. The molecule has 0 spiro atoms. The molecule has 160 valence electrons. The lowest BCUT2D eigenvalue weighted by atomic mass is 10.1. The first kappa shape index (κ1) is 23.1. The highest BCUT2D eigenvalue weighted by Crippen LogP contribution is 2.31. The van der Waals surface area contributed by atoms with Crippen molar-refractivity contribution in [2.24, 2.45) is 5.73 Å². The standard InChI is InChI=1S/C18H16F3N3O5S/c1-8-15(17(27)24-12(6-25)16(23)26)10-4-9(2-3-13(10)29-8)28-7-14(30)11(5-22)18(19,20)21/h2-4,12,25,30H,6-7H2,1H3,(H2,23,26)(H,24,27)/b14-11+/t12-/m0/s1. The number of aryl methyl sites for hydroxylation is 1. The number of aliphatic hydroxyl groups is 1. The van der Waals surface area contributed by atoms with E-state index < -0.39 is 47.7 Å². The third-order valence-electron chi connectivity index (χ3n) is 3.95. The van der Waals surface area contributed by atoms with Crippen molar-refractivity contribution in [2.45, 2.75) is 19.1 Å². The van der Waals surface area contributed by atoms with Crippen LogP contribution in [0, 0.1) is 18.3 Å². The van der Waals surface area contributed by atoms with Crippen LogP contribution >= 0.6 is 12.6 Å². The Morgan fingerprint density at radius 3 is 2.63 bits per heavy atom. The van der Waals surface area contributed by atoms with Gasteiger partial charge >= 0.3 is 6.18 Å². The van der Waals surface area contributed by atoms with E-state index in [1.807, 2.05) is 0 Å². The fraction of sp³-hybridized carbons (Fsp3) is 0.278. The molecule has 1 atom stereocenters. The molecule has 30 heavy (non-hydrogen) atoms. The van der Waals surface area contributed by atoms with Crippen molar-refractivity contribution >= 4 is 35.4 Å². The van der Waals surface area contributed by atoms with Crippen molar-refractivity contribution < 1.29 is 37.0 Å². The molecule has 0 saturated heterocycles. The van der Waals surface area contributed by atoms with Gasteiger partial charge in [-0.2, -0.15) is 18.4 Å². The minimum Gasteiger partial charge on any atom is -0.488 e. The van der Waals surface area contributed by atoms with Crippen LogP contribution in [0.4, 0.5) is 13.2 Å². The number of nitrogens with one attached hydrogen (secondary N) is 1. The Bertz CT molecular complexity index is 1060. The molecule has 2 amide bonds. The van der Waals surface area contributed by atoms with Gasteiger partial charge in [0.05, 0.1) is 12.2 Å². The van der Waals surface area contributed by atoms with Crippen LogP contribution in [0.1, 0.15) is 16.1 Å². The first-order valence-corrected chi connectivity index (χ1v) is 8.70. The van der Waals surface area contributed by atoms with Crippen LogP contribution in [0.5, 0.6) is 5.75 Å². The molecule has 0 unspecified atom stereocenters. The minimum absolute atomic E-state index is 0.0322. The number of nitriles is 1. The maximum Gasteiger partial charge on any atom is 0.427 e. The molecule has 2 aromatic rings. The molecule has 1 heterocycles. The molecule has 2 rings (SSSR count). The molecule has 0 radical (unpaired) electrons. The maximum absolute atomic E-state index is 12.7. The van der Waals surface area contributed by atoms with Crippen LogP contribution in [0.15, 0.2) is 33.1 Å². The Kier molecular flexibility index (Phi) is 7.01. The van der Waals surface area contributed by atoms with E-state index in [9.17, 15) is 22.8 Å². The Hall–Kier alpha value is -3.17. The van der Waals surface area contributed by atoms with Crippen molar-refractivity contribution in [3.63, 3.8) is 0 Å². The number of carbonyl (C=O) groups is 2. The highest BCUT2D eigenvalue weighted by molar-refractivity contribution is 7.84. The highest BCUT2D eigenvalue weighted by atomic mass is 32.1. The van der Waals surface area contributed by atoms with E-state index in [1.54, 1.807) is 0 Å². The van der Waals surface area contributed by atoms with E-state index in [2.05, 4.69) is 17.9 Å². The molecule has 1 aromatic heterocycles. The summed E-state index contributed by atoms with van der Waals surface area (Å²) < 4.78 is 49.0. The number of allylic oxidation sites excluding steroid dienone is 1. The maximum atomic E-state index is 12.7. The predicted octanol–water partition coefficient (Wildman–Crippen LogP) is 1.97. The number of thiol groups is 1. The second kappa shape index (κ2) is 9.10. The average Bonchev–Trinajstić information content (AvgIpc) is 2.98. The summed E-state index contributed by atoms with van der Waals surface area (Å²) in [5.74, 6) is -1.41. The molecule has 1 aromatic carbocycles. The molecule has 12 heteroatoms. The van der Waals surface area contributed by atoms with Crippen molar-refractivity contribution in [3.8, 4) is 11.8 Å². The highest BCUT2D eigenvalue weighted by Gasteiger charge is 2.36. The number of nitrogens with zero attached hydrogens (tertiary/aromatic N) is 1. The molecular formula is C18H16F3N3O5S. The molecule has 8 nitrogen and oxygen atoms in total. The molecule has 0 aliphatic rings. The summed E-state index contributed by atoms with van der Waals surface area (Å²) in [7, 11) is 0. The van der Waals surface area contributed by atoms with E-state index in [1.165, 1.54) is 25.1 Å². The van der Waals surface area contributed by atoms with Crippen molar-refractivity contribution in [1.82, 2.24) is 5.32 Å². The number of nitrogens with two attached hydrogens (primary N) is 1. The predicted molar refractivity (Wildman–Crippen MR) is 102 cm³/mol. The number of fused-ring (bicyclic) bond motifs is 1. The summed E-state index contributed by atoms with van der Waals surface area (Å²) in [6.07, 6.45) is -4.87. The summed E-state index contributed by atoms with van der Waals surface area (Å²) in [6, 6.07) is 3.90. The van der Waals surface area contributed by atoms with Crippen molar-refractivity contribution in [2.75, 3.05) is 13.2 Å². The quantitative estimate of drug-likeness (QED) is 0.381. The van der Waals surface area contributed by atoms with Gasteiger partial charge in [0, 0.05) is 10.3 Å². The number of aliphatic hydroxyl groups excluding tert-OH is 1. The van der Waals surface area contributed by atoms with Gasteiger partial charge in [0.15, 0.2) is 0 Å². The fourth-order valence-electron chi connectivity index (χ4n) is 2.52. The number of benzene rings is 1. The topological polar surface area (TPSA) is 139 Å². The largest absolute Gasteiger partial charge is 0.488 e. The van der Waals surface area contributed by atoms with Gasteiger partial charge < -0.3 is 25.3 Å². The van der Waals surface area contributed by atoms with Crippen LogP contribution in [0.25, 0.3) is 11.0 Å². The summed E-state index contributed by atoms with van der Waals surface area (Å²) >= 11 is 3.69. The Morgan fingerprint density at radius 1 is 1.43 bits per heavy atom. The average molecular weight is 443 g/mol. The number of furan rings is 1. The zero-order valence-corrected chi connectivity index (χ0v) is 16.3. The third-order valence-corrected chi connectivity index (χ3v) is 4.31. The number of alkyl halides is 3. The van der Waals surface area contributed by atoms with Gasteiger partial charge in [-0.05, 0) is 25.1 Å².